The number of fused-ring (bicyclic) bond motifs is 1. The number of nitrogen functional groups attached to an aromatic ring is 1. The van der Waals surface area contributed by atoms with Gasteiger partial charge in [-0.05, 0) is 73.9 Å². The Balaban J connectivity index is 1.76. The monoisotopic (exact) mass is 447 g/mol. The molecule has 0 unspecified atom stereocenters. The number of aryl methyl sites for hydroxylation is 3. The number of nitrogens with one attached hydrogen (secondary N) is 1. The number of sulfonamides is 1. The molecule has 32 heavy (non-hydrogen) atoms. The fourth-order valence-electron chi connectivity index (χ4n) is 4.07. The second-order valence-electron chi connectivity index (χ2n) is 8.06. The summed E-state index contributed by atoms with van der Waals surface area (Å²) in [6, 6.07) is 19.3. The number of anilines is 1. The second kappa shape index (κ2) is 8.16. The number of hydrogen-bond donors (Lipinski definition) is 2. The fraction of sp³-hybridized carbons (Fsp3) is 0.160. The van der Waals surface area contributed by atoms with Gasteiger partial charge >= 0.3 is 0 Å². The van der Waals surface area contributed by atoms with Gasteiger partial charge < -0.3 is 10.3 Å². The summed E-state index contributed by atoms with van der Waals surface area (Å²) in [5, 5.41) is 0.866. The molecule has 7 heteroatoms. The van der Waals surface area contributed by atoms with Crippen LogP contribution in [0.15, 0.2) is 71.6 Å². The van der Waals surface area contributed by atoms with Gasteiger partial charge in [-0.2, -0.15) is 0 Å². The number of nitrogens with two attached hydrogens (primary N) is 1. The highest BCUT2D eigenvalue weighted by molar-refractivity contribution is 7.90. The molecule has 6 nitrogen and oxygen atoms in total. The van der Waals surface area contributed by atoms with E-state index in [1.54, 1.807) is 6.07 Å². The summed E-state index contributed by atoms with van der Waals surface area (Å²) in [7, 11) is -4.04. The predicted molar refractivity (Wildman–Crippen MR) is 127 cm³/mol. The lowest BCUT2D eigenvalue weighted by Crippen LogP contribution is -2.32. The SMILES string of the molecule is Cc1cc(C)c(Cn2c(C(=O)NS(=O)(=O)c3ccc(N)cc3)cc3ccccc32)c(C)c1. The van der Waals surface area contributed by atoms with Crippen molar-refractivity contribution in [3.8, 4) is 0 Å². The van der Waals surface area contributed by atoms with Crippen LogP contribution in [0.1, 0.15) is 32.7 Å². The van der Waals surface area contributed by atoms with Crippen molar-refractivity contribution in [1.29, 1.82) is 0 Å². The van der Waals surface area contributed by atoms with Crippen molar-refractivity contribution < 1.29 is 13.2 Å². The molecule has 0 aliphatic rings. The van der Waals surface area contributed by atoms with E-state index in [4.69, 9.17) is 5.73 Å². The van der Waals surface area contributed by atoms with Crippen molar-refractivity contribution in [2.24, 2.45) is 0 Å². The third-order valence-electron chi connectivity index (χ3n) is 5.62. The second-order valence-corrected chi connectivity index (χ2v) is 9.74. The molecule has 4 rings (SSSR count). The Labute approximate surface area is 187 Å². The van der Waals surface area contributed by atoms with Crippen LogP contribution in [0, 0.1) is 20.8 Å². The maximum absolute atomic E-state index is 13.2. The number of para-hydroxylation sites is 1. The molecular weight excluding hydrogens is 422 g/mol. The highest BCUT2D eigenvalue weighted by atomic mass is 32.2. The molecule has 1 heterocycles. The molecular formula is C25H25N3O3S. The molecule has 0 spiro atoms. The molecule has 0 aliphatic carbocycles. The molecule has 1 aromatic heterocycles. The summed E-state index contributed by atoms with van der Waals surface area (Å²) in [6.45, 7) is 6.60. The largest absolute Gasteiger partial charge is 0.399 e. The lowest BCUT2D eigenvalue weighted by Gasteiger charge is -2.16. The molecule has 0 aliphatic heterocycles. The molecule has 3 aromatic carbocycles. The molecule has 3 N–H and O–H groups in total. The highest BCUT2D eigenvalue weighted by Gasteiger charge is 2.23. The van der Waals surface area contributed by atoms with E-state index in [0.717, 1.165) is 27.6 Å². The molecule has 0 saturated carbocycles. The number of rotatable bonds is 5. The number of carbonyl (C=O) groups excluding carboxylic acids is 1. The van der Waals surface area contributed by atoms with E-state index in [1.165, 1.54) is 29.8 Å². The van der Waals surface area contributed by atoms with Crippen LogP contribution in [-0.4, -0.2) is 18.9 Å². The standard InChI is InChI=1S/C25H25N3O3S/c1-16-12-17(2)22(18(3)13-16)15-28-23-7-5-4-6-19(23)14-24(28)25(29)27-32(30,31)21-10-8-20(26)9-11-21/h4-14H,15,26H2,1-3H3,(H,27,29). The average molecular weight is 448 g/mol. The van der Waals surface area contributed by atoms with E-state index in [9.17, 15) is 13.2 Å². The molecule has 0 bridgehead atoms. The third kappa shape index (κ3) is 4.11. The Bertz CT molecular complexity index is 1410. The lowest BCUT2D eigenvalue weighted by atomic mass is 9.99. The van der Waals surface area contributed by atoms with Gasteiger partial charge in [0, 0.05) is 23.1 Å². The van der Waals surface area contributed by atoms with Gasteiger partial charge in [-0.15, -0.1) is 0 Å². The first kappa shape index (κ1) is 21.6. The van der Waals surface area contributed by atoms with Crippen LogP contribution in [0.4, 0.5) is 5.69 Å². The highest BCUT2D eigenvalue weighted by Crippen LogP contribution is 2.25. The topological polar surface area (TPSA) is 94.2 Å². The zero-order chi connectivity index (χ0) is 23.0. The molecule has 0 saturated heterocycles. The molecule has 1 amide bonds. The van der Waals surface area contributed by atoms with Gasteiger partial charge in [-0.25, -0.2) is 13.1 Å². The quantitative estimate of drug-likeness (QED) is 0.446. The Hall–Kier alpha value is -3.58. The minimum Gasteiger partial charge on any atom is -0.399 e. The van der Waals surface area contributed by atoms with E-state index in [-0.39, 0.29) is 10.6 Å². The summed E-state index contributed by atoms with van der Waals surface area (Å²) < 4.78 is 29.6. The van der Waals surface area contributed by atoms with E-state index in [2.05, 4.69) is 23.8 Å². The van der Waals surface area contributed by atoms with Gasteiger partial charge in [0.25, 0.3) is 15.9 Å². The van der Waals surface area contributed by atoms with Gasteiger partial charge in [-0.1, -0.05) is 35.9 Å². The van der Waals surface area contributed by atoms with Crippen LogP contribution < -0.4 is 10.5 Å². The molecule has 164 valence electrons. The molecule has 4 aromatic rings. The van der Waals surface area contributed by atoms with Crippen molar-refractivity contribution in [1.82, 2.24) is 9.29 Å². The van der Waals surface area contributed by atoms with Gasteiger partial charge in [0.1, 0.15) is 5.69 Å². The van der Waals surface area contributed by atoms with E-state index in [1.807, 2.05) is 42.7 Å². The Morgan fingerprint density at radius 3 is 2.22 bits per heavy atom. The molecule has 0 radical (unpaired) electrons. The maximum Gasteiger partial charge on any atom is 0.281 e. The Morgan fingerprint density at radius 2 is 1.56 bits per heavy atom. The summed E-state index contributed by atoms with van der Waals surface area (Å²) >= 11 is 0. The maximum atomic E-state index is 13.2. The van der Waals surface area contributed by atoms with Crippen molar-refractivity contribution >= 4 is 32.5 Å². The minimum atomic E-state index is -4.04. The first-order valence-electron chi connectivity index (χ1n) is 10.2. The van der Waals surface area contributed by atoms with E-state index >= 15 is 0 Å². The van der Waals surface area contributed by atoms with Crippen LogP contribution in [0.25, 0.3) is 10.9 Å². The summed E-state index contributed by atoms with van der Waals surface area (Å²) in [5.74, 6) is -0.680. The number of benzene rings is 3. The fourth-order valence-corrected chi connectivity index (χ4v) is 5.03. The number of amides is 1. The van der Waals surface area contributed by atoms with Crippen molar-refractivity contribution in [2.75, 3.05) is 5.73 Å². The smallest absolute Gasteiger partial charge is 0.281 e. The van der Waals surface area contributed by atoms with E-state index in [0.29, 0.717) is 12.2 Å². The lowest BCUT2D eigenvalue weighted by molar-refractivity contribution is 0.0973. The van der Waals surface area contributed by atoms with Crippen LogP contribution in [-0.2, 0) is 16.6 Å². The number of nitrogens with zero attached hydrogens (tertiary/aromatic N) is 1. The van der Waals surface area contributed by atoms with Crippen LogP contribution in [0.5, 0.6) is 0 Å². The Morgan fingerprint density at radius 1 is 0.938 bits per heavy atom. The molecule has 0 fully saturated rings. The summed E-state index contributed by atoms with van der Waals surface area (Å²) in [4.78, 5) is 13.1. The first-order valence-corrected chi connectivity index (χ1v) is 11.7. The van der Waals surface area contributed by atoms with Crippen LogP contribution in [0.3, 0.4) is 0 Å². The zero-order valence-electron chi connectivity index (χ0n) is 18.2. The van der Waals surface area contributed by atoms with Crippen LogP contribution in [0.2, 0.25) is 0 Å². The number of hydrogen-bond acceptors (Lipinski definition) is 4. The molecule has 0 atom stereocenters. The number of carbonyl (C=O) groups is 1. The van der Waals surface area contributed by atoms with Crippen molar-refractivity contribution in [3.05, 3.63) is 94.7 Å². The van der Waals surface area contributed by atoms with Crippen molar-refractivity contribution in [3.63, 3.8) is 0 Å². The predicted octanol–water partition coefficient (Wildman–Crippen LogP) is 4.32. The normalized spacial score (nSPS) is 11.6. The summed E-state index contributed by atoms with van der Waals surface area (Å²) in [5.41, 5.74) is 11.8. The average Bonchev–Trinajstić information content (AvgIpc) is 3.09. The minimum absolute atomic E-state index is 0.0204. The van der Waals surface area contributed by atoms with E-state index < -0.39 is 15.9 Å². The van der Waals surface area contributed by atoms with Gasteiger partial charge in [0.2, 0.25) is 0 Å². The third-order valence-corrected chi connectivity index (χ3v) is 6.96. The first-order chi connectivity index (χ1) is 15.2. The van der Waals surface area contributed by atoms with Crippen LogP contribution >= 0.6 is 0 Å². The van der Waals surface area contributed by atoms with Gasteiger partial charge in [-0.3, -0.25) is 4.79 Å². The van der Waals surface area contributed by atoms with Gasteiger partial charge in [0.15, 0.2) is 0 Å². The summed E-state index contributed by atoms with van der Waals surface area (Å²) in [6.07, 6.45) is 0. The number of aromatic nitrogens is 1. The Kier molecular flexibility index (Phi) is 5.52. The zero-order valence-corrected chi connectivity index (χ0v) is 19.0. The van der Waals surface area contributed by atoms with Gasteiger partial charge in [0.05, 0.1) is 4.90 Å². The van der Waals surface area contributed by atoms with Crippen molar-refractivity contribution in [2.45, 2.75) is 32.2 Å².